The Balaban J connectivity index is 2.22. The van der Waals surface area contributed by atoms with Gasteiger partial charge in [0.15, 0.2) is 0 Å². The molecule has 0 unspecified atom stereocenters. The third kappa shape index (κ3) is 3.21. The first kappa shape index (κ1) is 14.2. The van der Waals surface area contributed by atoms with Crippen LogP contribution < -0.4 is 4.72 Å². The molecule has 2 aromatic heterocycles. The van der Waals surface area contributed by atoms with Crippen molar-refractivity contribution in [3.05, 3.63) is 32.8 Å². The predicted molar refractivity (Wildman–Crippen MR) is 69.5 cm³/mol. The molecule has 0 saturated carbocycles. The molecule has 102 valence electrons. The van der Waals surface area contributed by atoms with E-state index in [0.29, 0.717) is 5.69 Å². The molecule has 0 aliphatic carbocycles. The van der Waals surface area contributed by atoms with E-state index < -0.39 is 16.0 Å². The zero-order chi connectivity index (χ0) is 14.0. The number of carboxylic acid groups (broad SMARTS) is 1. The van der Waals surface area contributed by atoms with Crippen molar-refractivity contribution in [3.8, 4) is 0 Å². The van der Waals surface area contributed by atoms with E-state index in [1.165, 1.54) is 12.3 Å². The molecule has 7 nitrogen and oxygen atoms in total. The zero-order valence-electron chi connectivity index (χ0n) is 9.16. The van der Waals surface area contributed by atoms with Crippen LogP contribution in [0.4, 0.5) is 0 Å². The van der Waals surface area contributed by atoms with Gasteiger partial charge in [-0.25, -0.2) is 17.9 Å². The lowest BCUT2D eigenvalue weighted by Gasteiger charge is -2.03. The van der Waals surface area contributed by atoms with Crippen molar-refractivity contribution in [3.63, 3.8) is 0 Å². The van der Waals surface area contributed by atoms with Crippen LogP contribution in [0.15, 0.2) is 31.6 Å². The minimum absolute atomic E-state index is 0.0382. The third-order valence-electron chi connectivity index (χ3n) is 2.09. The number of thiophene rings is 1. The number of nitrogens with zero attached hydrogens (tertiary/aromatic N) is 1. The average Bonchev–Trinajstić information content (AvgIpc) is 2.95. The predicted octanol–water partition coefficient (Wildman–Crippen LogP) is 1.68. The first-order chi connectivity index (χ1) is 8.90. The molecule has 0 fully saturated rings. The number of carbonyl (C=O) groups is 1. The van der Waals surface area contributed by atoms with E-state index in [-0.39, 0.29) is 20.1 Å². The highest BCUT2D eigenvalue weighted by atomic mass is 79.9. The molecule has 0 aromatic carbocycles. The lowest BCUT2D eigenvalue weighted by molar-refractivity contribution is 0.0702. The third-order valence-corrected chi connectivity index (χ3v) is 5.73. The second-order valence-electron chi connectivity index (χ2n) is 3.37. The molecule has 19 heavy (non-hydrogen) atoms. The Morgan fingerprint density at radius 2 is 2.32 bits per heavy atom. The summed E-state index contributed by atoms with van der Waals surface area (Å²) in [5.74, 6) is -1.18. The zero-order valence-corrected chi connectivity index (χ0v) is 12.4. The van der Waals surface area contributed by atoms with Gasteiger partial charge in [0.25, 0.3) is 0 Å². The van der Waals surface area contributed by atoms with Gasteiger partial charge in [-0.2, -0.15) is 0 Å². The average molecular weight is 367 g/mol. The lowest BCUT2D eigenvalue weighted by Crippen LogP contribution is -2.23. The summed E-state index contributed by atoms with van der Waals surface area (Å²) in [6, 6.07) is 2.62. The number of sulfonamides is 1. The molecule has 0 aliphatic rings. The quantitative estimate of drug-likeness (QED) is 0.832. The Morgan fingerprint density at radius 1 is 1.58 bits per heavy atom. The van der Waals surface area contributed by atoms with E-state index in [0.717, 1.165) is 17.4 Å². The molecule has 2 aromatic rings. The minimum atomic E-state index is -3.81. The van der Waals surface area contributed by atoms with Gasteiger partial charge in [-0.3, -0.25) is 0 Å². The van der Waals surface area contributed by atoms with Crippen molar-refractivity contribution in [1.82, 2.24) is 9.88 Å². The van der Waals surface area contributed by atoms with Gasteiger partial charge in [-0.1, -0.05) is 5.16 Å². The summed E-state index contributed by atoms with van der Waals surface area (Å²) in [7, 11) is -3.81. The van der Waals surface area contributed by atoms with Gasteiger partial charge in [-0.15, -0.1) is 11.3 Å². The number of hydrogen-bond donors (Lipinski definition) is 2. The van der Waals surface area contributed by atoms with Crippen molar-refractivity contribution in [1.29, 1.82) is 0 Å². The largest absolute Gasteiger partial charge is 0.477 e. The molecule has 0 bridgehead atoms. The first-order valence-electron chi connectivity index (χ1n) is 4.81. The smallest absolute Gasteiger partial charge is 0.345 e. The maximum atomic E-state index is 12.0. The number of halogens is 1. The van der Waals surface area contributed by atoms with Gasteiger partial charge < -0.3 is 9.63 Å². The number of aromatic nitrogens is 1. The van der Waals surface area contributed by atoms with E-state index >= 15 is 0 Å². The molecule has 0 radical (unpaired) electrons. The highest BCUT2D eigenvalue weighted by molar-refractivity contribution is 9.11. The fourth-order valence-corrected chi connectivity index (χ4v) is 4.62. The van der Waals surface area contributed by atoms with Crippen LogP contribution in [0, 0.1) is 0 Å². The van der Waals surface area contributed by atoms with Crippen LogP contribution in [-0.2, 0) is 16.6 Å². The molecule has 10 heteroatoms. The van der Waals surface area contributed by atoms with E-state index in [1.54, 1.807) is 0 Å². The van der Waals surface area contributed by atoms with Crippen LogP contribution in [0.1, 0.15) is 15.4 Å². The summed E-state index contributed by atoms with van der Waals surface area (Å²) in [6.07, 6.45) is 1.33. The Morgan fingerprint density at radius 3 is 2.84 bits per heavy atom. The van der Waals surface area contributed by atoms with Gasteiger partial charge in [-0.05, 0) is 22.0 Å². The molecule has 2 heterocycles. The van der Waals surface area contributed by atoms with E-state index in [4.69, 9.17) is 5.11 Å². The molecule has 0 spiro atoms. The van der Waals surface area contributed by atoms with E-state index in [9.17, 15) is 13.2 Å². The molecule has 2 N–H and O–H groups in total. The Bertz CT molecular complexity index is 692. The summed E-state index contributed by atoms with van der Waals surface area (Å²) < 4.78 is 31.1. The number of aromatic carboxylic acids is 1. The maximum absolute atomic E-state index is 12.0. The van der Waals surface area contributed by atoms with Gasteiger partial charge in [0.1, 0.15) is 16.0 Å². The van der Waals surface area contributed by atoms with Crippen molar-refractivity contribution < 1.29 is 22.8 Å². The van der Waals surface area contributed by atoms with Crippen molar-refractivity contribution in [2.75, 3.05) is 0 Å². The van der Waals surface area contributed by atoms with Gasteiger partial charge in [0.05, 0.1) is 16.0 Å². The van der Waals surface area contributed by atoms with Crippen molar-refractivity contribution in [2.45, 2.75) is 11.4 Å². The Kier molecular flexibility index (Phi) is 4.04. The standard InChI is InChI=1S/C9H7BrN2O5S2/c10-8-7(3-6(18-8)9(13)14)19(15,16)11-4-5-1-2-17-12-5/h1-3,11H,4H2,(H,13,14). The normalized spacial score (nSPS) is 11.6. The summed E-state index contributed by atoms with van der Waals surface area (Å²) in [5, 5.41) is 12.4. The number of hydrogen-bond acceptors (Lipinski definition) is 6. The second-order valence-corrected chi connectivity index (χ2v) is 7.47. The van der Waals surface area contributed by atoms with E-state index in [1.807, 2.05) is 0 Å². The van der Waals surface area contributed by atoms with Crippen LogP contribution in [0.25, 0.3) is 0 Å². The summed E-state index contributed by atoms with van der Waals surface area (Å²) in [4.78, 5) is 10.6. The second kappa shape index (κ2) is 5.41. The van der Waals surface area contributed by atoms with Crippen molar-refractivity contribution >= 4 is 43.3 Å². The maximum Gasteiger partial charge on any atom is 0.345 e. The van der Waals surface area contributed by atoms with Crippen LogP contribution in [0.2, 0.25) is 0 Å². The topological polar surface area (TPSA) is 110 Å². The Labute approximate surface area is 120 Å². The van der Waals surface area contributed by atoms with Crippen molar-refractivity contribution in [2.24, 2.45) is 0 Å². The van der Waals surface area contributed by atoms with Crippen LogP contribution in [0.5, 0.6) is 0 Å². The molecule has 0 atom stereocenters. The number of rotatable bonds is 5. The monoisotopic (exact) mass is 366 g/mol. The summed E-state index contributed by atoms with van der Waals surface area (Å²) in [6.45, 7) is -0.0382. The fourth-order valence-electron chi connectivity index (χ4n) is 1.22. The van der Waals surface area contributed by atoms with Gasteiger partial charge >= 0.3 is 5.97 Å². The summed E-state index contributed by atoms with van der Waals surface area (Å²) >= 11 is 3.88. The molecule has 0 amide bonds. The molecular formula is C9H7BrN2O5S2. The Hall–Kier alpha value is -1.23. The first-order valence-corrected chi connectivity index (χ1v) is 7.91. The van der Waals surface area contributed by atoms with Gasteiger partial charge in [0.2, 0.25) is 10.0 Å². The van der Waals surface area contributed by atoms with Crippen LogP contribution >= 0.6 is 27.3 Å². The number of nitrogens with one attached hydrogen (secondary N) is 1. The van der Waals surface area contributed by atoms with Crippen LogP contribution in [-0.4, -0.2) is 24.7 Å². The summed E-state index contributed by atoms with van der Waals surface area (Å²) in [5.41, 5.74) is 0.424. The lowest BCUT2D eigenvalue weighted by atomic mass is 10.5. The molecular weight excluding hydrogens is 360 g/mol. The number of carboxylic acids is 1. The highest BCUT2D eigenvalue weighted by Crippen LogP contribution is 2.31. The van der Waals surface area contributed by atoms with Crippen LogP contribution in [0.3, 0.4) is 0 Å². The molecule has 0 saturated heterocycles. The molecule has 0 aliphatic heterocycles. The molecule has 2 rings (SSSR count). The van der Waals surface area contributed by atoms with Gasteiger partial charge in [0, 0.05) is 6.07 Å². The fraction of sp³-hybridized carbons (Fsp3) is 0.111. The minimum Gasteiger partial charge on any atom is -0.477 e. The SMILES string of the molecule is O=C(O)c1cc(S(=O)(=O)NCc2ccon2)c(Br)s1. The van der Waals surface area contributed by atoms with E-state index in [2.05, 4.69) is 30.3 Å². The highest BCUT2D eigenvalue weighted by Gasteiger charge is 2.23.